The summed E-state index contributed by atoms with van der Waals surface area (Å²) in [5.74, 6) is 0.971. The lowest BCUT2D eigenvalue weighted by molar-refractivity contribution is 0.0718. The highest BCUT2D eigenvalue weighted by atomic mass is 16.1. The number of hydrogen-bond acceptors (Lipinski definition) is 2. The highest BCUT2D eigenvalue weighted by Crippen LogP contribution is 2.35. The van der Waals surface area contributed by atoms with E-state index >= 15 is 0 Å². The van der Waals surface area contributed by atoms with Gasteiger partial charge in [-0.25, -0.2) is 0 Å². The number of ketones is 1. The minimum absolute atomic E-state index is 0.177. The van der Waals surface area contributed by atoms with Crippen LogP contribution in [0.1, 0.15) is 62.4 Å². The first-order chi connectivity index (χ1) is 10.1. The Labute approximate surface area is 129 Å². The van der Waals surface area contributed by atoms with E-state index in [9.17, 15) is 4.79 Å². The zero-order valence-corrected chi connectivity index (χ0v) is 13.7. The van der Waals surface area contributed by atoms with E-state index in [1.54, 1.807) is 0 Å². The smallest absolute Gasteiger partial charge is 0.170 e. The summed E-state index contributed by atoms with van der Waals surface area (Å²) in [5.41, 5.74) is 2.01. The third-order valence-electron chi connectivity index (χ3n) is 4.52. The molecule has 1 N–H and O–H groups in total. The van der Waals surface area contributed by atoms with Crippen LogP contribution in [0.4, 0.5) is 0 Å². The summed E-state index contributed by atoms with van der Waals surface area (Å²) in [6, 6.07) is 8.30. The molecule has 1 atom stereocenters. The fourth-order valence-corrected chi connectivity index (χ4v) is 3.58. The van der Waals surface area contributed by atoms with Crippen LogP contribution in [-0.4, -0.2) is 18.9 Å². The average molecular weight is 287 g/mol. The molecule has 1 heterocycles. The van der Waals surface area contributed by atoms with Gasteiger partial charge in [0.15, 0.2) is 5.78 Å². The summed E-state index contributed by atoms with van der Waals surface area (Å²) < 4.78 is 0. The van der Waals surface area contributed by atoms with Gasteiger partial charge >= 0.3 is 0 Å². The van der Waals surface area contributed by atoms with E-state index in [0.717, 1.165) is 50.8 Å². The first kappa shape index (κ1) is 16.2. The van der Waals surface area contributed by atoms with E-state index in [0.29, 0.717) is 11.7 Å². The first-order valence-electron chi connectivity index (χ1n) is 8.42. The van der Waals surface area contributed by atoms with Crippen molar-refractivity contribution in [2.45, 2.75) is 52.9 Å². The van der Waals surface area contributed by atoms with Crippen LogP contribution in [0, 0.1) is 11.3 Å². The number of carbonyl (C=O) groups excluding carboxylic acids is 1. The molecular weight excluding hydrogens is 258 g/mol. The van der Waals surface area contributed by atoms with Crippen molar-refractivity contribution in [3.05, 3.63) is 35.4 Å². The maximum atomic E-state index is 13.1. The molecule has 1 fully saturated rings. The number of piperidine rings is 1. The van der Waals surface area contributed by atoms with Crippen LogP contribution in [0.15, 0.2) is 24.3 Å². The molecule has 116 valence electrons. The average Bonchev–Trinajstić information content (AvgIpc) is 2.47. The van der Waals surface area contributed by atoms with Gasteiger partial charge in [-0.05, 0) is 49.8 Å². The van der Waals surface area contributed by atoms with Gasteiger partial charge in [-0.2, -0.15) is 0 Å². The van der Waals surface area contributed by atoms with Crippen LogP contribution >= 0.6 is 0 Å². The quantitative estimate of drug-likeness (QED) is 0.793. The molecule has 1 aromatic carbocycles. The number of benzene rings is 1. The number of hydrogen-bond donors (Lipinski definition) is 1. The number of carbonyl (C=O) groups is 1. The minimum atomic E-state index is -0.177. The van der Waals surface area contributed by atoms with Crippen molar-refractivity contribution in [3.8, 4) is 0 Å². The summed E-state index contributed by atoms with van der Waals surface area (Å²) in [6.45, 7) is 8.51. The van der Waals surface area contributed by atoms with Gasteiger partial charge in [0.1, 0.15) is 0 Å². The molecule has 1 aliphatic rings. The normalized spacial score (nSPS) is 22.5. The van der Waals surface area contributed by atoms with Crippen LogP contribution < -0.4 is 5.32 Å². The molecule has 1 unspecified atom stereocenters. The predicted molar refractivity (Wildman–Crippen MR) is 88.8 cm³/mol. The number of rotatable bonds is 6. The molecule has 0 bridgehead atoms. The molecule has 2 rings (SSSR count). The van der Waals surface area contributed by atoms with E-state index in [1.165, 1.54) is 5.56 Å². The Balaban J connectivity index is 2.24. The number of nitrogens with one attached hydrogen (secondary N) is 1. The highest BCUT2D eigenvalue weighted by molar-refractivity contribution is 6.01. The van der Waals surface area contributed by atoms with E-state index < -0.39 is 0 Å². The predicted octanol–water partition coefficient (Wildman–Crippen LogP) is 4.24. The van der Waals surface area contributed by atoms with Gasteiger partial charge < -0.3 is 5.32 Å². The second-order valence-corrected chi connectivity index (χ2v) is 6.94. The van der Waals surface area contributed by atoms with Crippen molar-refractivity contribution >= 4 is 5.78 Å². The minimum Gasteiger partial charge on any atom is -0.316 e. The zero-order chi connectivity index (χ0) is 15.3. The SMILES string of the molecule is CCCC1(C(=O)c2cccc(CC(C)C)c2)CCCNC1. The van der Waals surface area contributed by atoms with Crippen LogP contribution in [0.25, 0.3) is 0 Å². The molecule has 1 saturated heterocycles. The lowest BCUT2D eigenvalue weighted by atomic mass is 9.71. The Kier molecular flexibility index (Phi) is 5.58. The Bertz CT molecular complexity index is 467. The molecule has 21 heavy (non-hydrogen) atoms. The van der Waals surface area contributed by atoms with Gasteiger partial charge in [-0.3, -0.25) is 4.79 Å². The Morgan fingerprint density at radius 1 is 1.38 bits per heavy atom. The molecule has 2 heteroatoms. The van der Waals surface area contributed by atoms with Crippen molar-refractivity contribution in [3.63, 3.8) is 0 Å². The van der Waals surface area contributed by atoms with Crippen molar-refractivity contribution in [1.82, 2.24) is 5.32 Å². The zero-order valence-electron chi connectivity index (χ0n) is 13.7. The van der Waals surface area contributed by atoms with Gasteiger partial charge in [-0.15, -0.1) is 0 Å². The van der Waals surface area contributed by atoms with E-state index in [4.69, 9.17) is 0 Å². The van der Waals surface area contributed by atoms with Crippen LogP contribution in [0.3, 0.4) is 0 Å². The largest absolute Gasteiger partial charge is 0.316 e. The van der Waals surface area contributed by atoms with Gasteiger partial charge in [0.05, 0.1) is 0 Å². The fourth-order valence-electron chi connectivity index (χ4n) is 3.58. The summed E-state index contributed by atoms with van der Waals surface area (Å²) in [6.07, 6.45) is 5.24. The summed E-state index contributed by atoms with van der Waals surface area (Å²) >= 11 is 0. The Morgan fingerprint density at radius 2 is 2.19 bits per heavy atom. The maximum Gasteiger partial charge on any atom is 0.170 e. The molecule has 0 amide bonds. The molecule has 2 nitrogen and oxygen atoms in total. The molecule has 0 aliphatic carbocycles. The van der Waals surface area contributed by atoms with Gasteiger partial charge in [-0.1, -0.05) is 45.4 Å². The molecule has 0 saturated carbocycles. The second-order valence-electron chi connectivity index (χ2n) is 6.94. The fraction of sp³-hybridized carbons (Fsp3) is 0.632. The molecule has 1 aliphatic heterocycles. The van der Waals surface area contributed by atoms with Crippen molar-refractivity contribution in [2.75, 3.05) is 13.1 Å². The van der Waals surface area contributed by atoms with Crippen LogP contribution in [-0.2, 0) is 6.42 Å². The van der Waals surface area contributed by atoms with Gasteiger partial charge in [0, 0.05) is 17.5 Å². The molecule has 0 radical (unpaired) electrons. The van der Waals surface area contributed by atoms with E-state index in [1.807, 2.05) is 12.1 Å². The summed E-state index contributed by atoms with van der Waals surface area (Å²) in [5, 5.41) is 3.44. The van der Waals surface area contributed by atoms with Crippen molar-refractivity contribution < 1.29 is 4.79 Å². The molecule has 1 aromatic rings. The van der Waals surface area contributed by atoms with Gasteiger partial charge in [0.2, 0.25) is 0 Å². The van der Waals surface area contributed by atoms with Gasteiger partial charge in [0.25, 0.3) is 0 Å². The third kappa shape index (κ3) is 3.94. The Morgan fingerprint density at radius 3 is 2.81 bits per heavy atom. The number of Topliss-reactive ketones (excluding diaryl/α,β-unsaturated/α-hetero) is 1. The lowest BCUT2D eigenvalue weighted by Gasteiger charge is -2.36. The van der Waals surface area contributed by atoms with Crippen molar-refractivity contribution in [1.29, 1.82) is 0 Å². The van der Waals surface area contributed by atoms with Crippen LogP contribution in [0.5, 0.6) is 0 Å². The standard InChI is InChI=1S/C19H29NO/c1-4-9-19(10-6-11-20-14-19)18(21)17-8-5-7-16(13-17)12-15(2)3/h5,7-8,13,15,20H,4,6,9-12,14H2,1-3H3. The Hall–Kier alpha value is -1.15. The maximum absolute atomic E-state index is 13.1. The van der Waals surface area contributed by atoms with E-state index in [-0.39, 0.29) is 5.41 Å². The van der Waals surface area contributed by atoms with Crippen molar-refractivity contribution in [2.24, 2.45) is 11.3 Å². The highest BCUT2D eigenvalue weighted by Gasteiger charge is 2.38. The molecule has 0 aromatic heterocycles. The molecule has 0 spiro atoms. The lowest BCUT2D eigenvalue weighted by Crippen LogP contribution is -2.45. The second kappa shape index (κ2) is 7.22. The monoisotopic (exact) mass is 287 g/mol. The summed E-state index contributed by atoms with van der Waals surface area (Å²) in [4.78, 5) is 13.1. The topological polar surface area (TPSA) is 29.1 Å². The molecular formula is C19H29NO. The van der Waals surface area contributed by atoms with E-state index in [2.05, 4.69) is 38.2 Å². The third-order valence-corrected chi connectivity index (χ3v) is 4.52. The van der Waals surface area contributed by atoms with Crippen LogP contribution in [0.2, 0.25) is 0 Å². The summed E-state index contributed by atoms with van der Waals surface area (Å²) in [7, 11) is 0. The first-order valence-corrected chi connectivity index (χ1v) is 8.42.